The largest absolute Gasteiger partial charge is 0.383 e. The highest BCUT2D eigenvalue weighted by Crippen LogP contribution is 2.26. The molecular formula is C15H25BrN2O. The van der Waals surface area contributed by atoms with Crippen LogP contribution in [0.2, 0.25) is 0 Å². The van der Waals surface area contributed by atoms with E-state index in [-0.39, 0.29) is 0 Å². The molecule has 0 radical (unpaired) electrons. The lowest BCUT2D eigenvalue weighted by molar-refractivity contribution is 0.204. The Morgan fingerprint density at radius 3 is 2.68 bits per heavy atom. The van der Waals surface area contributed by atoms with Gasteiger partial charge >= 0.3 is 0 Å². The van der Waals surface area contributed by atoms with Gasteiger partial charge in [-0.3, -0.25) is 0 Å². The summed E-state index contributed by atoms with van der Waals surface area (Å²) >= 11 is 3.56. The van der Waals surface area contributed by atoms with Gasteiger partial charge in [-0.2, -0.15) is 0 Å². The quantitative estimate of drug-likeness (QED) is 0.797. The van der Waals surface area contributed by atoms with Crippen molar-refractivity contribution in [3.05, 3.63) is 28.2 Å². The maximum absolute atomic E-state index is 5.71. The molecule has 2 N–H and O–H groups in total. The fourth-order valence-corrected chi connectivity index (χ4v) is 2.50. The summed E-state index contributed by atoms with van der Waals surface area (Å²) in [6, 6.07) is 6.42. The lowest BCUT2D eigenvalue weighted by Crippen LogP contribution is -2.32. The zero-order valence-electron chi connectivity index (χ0n) is 12.2. The molecule has 0 aliphatic rings. The standard InChI is InChI=1S/C15H25BrN2O/c1-12(2)11-18(8-9-19-3)15-10-14(16)5-4-13(15)6-7-17/h4-5,10,12H,6-9,11,17H2,1-3H3. The fraction of sp³-hybridized carbons (Fsp3) is 0.600. The van der Waals surface area contributed by atoms with Crippen LogP contribution in [0.5, 0.6) is 0 Å². The lowest BCUT2D eigenvalue weighted by Gasteiger charge is -2.29. The lowest BCUT2D eigenvalue weighted by atomic mass is 10.1. The Morgan fingerprint density at radius 1 is 1.37 bits per heavy atom. The Hall–Kier alpha value is -0.580. The summed E-state index contributed by atoms with van der Waals surface area (Å²) in [4.78, 5) is 2.39. The van der Waals surface area contributed by atoms with E-state index in [9.17, 15) is 0 Å². The molecule has 1 rings (SSSR count). The Labute approximate surface area is 125 Å². The molecule has 0 aliphatic carbocycles. The van der Waals surface area contributed by atoms with E-state index in [2.05, 4.69) is 52.9 Å². The SMILES string of the molecule is COCCN(CC(C)C)c1cc(Br)ccc1CCN. The van der Waals surface area contributed by atoms with Crippen LogP contribution in [-0.2, 0) is 11.2 Å². The second kappa shape index (κ2) is 8.56. The van der Waals surface area contributed by atoms with Gasteiger partial charge in [0.1, 0.15) is 0 Å². The van der Waals surface area contributed by atoms with Gasteiger partial charge in [-0.25, -0.2) is 0 Å². The number of ether oxygens (including phenoxy) is 1. The zero-order chi connectivity index (χ0) is 14.3. The number of anilines is 1. The highest BCUT2D eigenvalue weighted by molar-refractivity contribution is 9.10. The first-order valence-corrected chi connectivity index (χ1v) is 7.60. The molecule has 0 heterocycles. The van der Waals surface area contributed by atoms with Gasteiger partial charge in [0.25, 0.3) is 0 Å². The molecule has 108 valence electrons. The van der Waals surface area contributed by atoms with Gasteiger partial charge in [-0.15, -0.1) is 0 Å². The zero-order valence-corrected chi connectivity index (χ0v) is 13.7. The number of methoxy groups -OCH3 is 1. The number of hydrogen-bond acceptors (Lipinski definition) is 3. The number of nitrogens with zero attached hydrogens (tertiary/aromatic N) is 1. The summed E-state index contributed by atoms with van der Waals surface area (Å²) in [7, 11) is 1.75. The van der Waals surface area contributed by atoms with Gasteiger partial charge in [0.15, 0.2) is 0 Å². The van der Waals surface area contributed by atoms with E-state index in [4.69, 9.17) is 10.5 Å². The third-order valence-corrected chi connectivity index (χ3v) is 3.45. The first kappa shape index (κ1) is 16.5. The normalized spacial score (nSPS) is 11.1. The van der Waals surface area contributed by atoms with Crippen molar-refractivity contribution < 1.29 is 4.74 Å². The molecule has 0 atom stereocenters. The molecular weight excluding hydrogens is 304 g/mol. The van der Waals surface area contributed by atoms with Gasteiger partial charge in [0.05, 0.1) is 6.61 Å². The van der Waals surface area contributed by atoms with E-state index in [0.717, 1.165) is 30.6 Å². The van der Waals surface area contributed by atoms with Crippen LogP contribution in [-0.4, -0.2) is 33.4 Å². The van der Waals surface area contributed by atoms with Crippen molar-refractivity contribution in [3.63, 3.8) is 0 Å². The Bertz CT molecular complexity index is 382. The molecule has 0 bridgehead atoms. The van der Waals surface area contributed by atoms with Gasteiger partial charge in [0.2, 0.25) is 0 Å². The van der Waals surface area contributed by atoms with Crippen LogP contribution in [0, 0.1) is 5.92 Å². The Kier molecular flexibility index (Phi) is 7.42. The van der Waals surface area contributed by atoms with Crippen LogP contribution >= 0.6 is 15.9 Å². The van der Waals surface area contributed by atoms with Crippen molar-refractivity contribution in [2.45, 2.75) is 20.3 Å². The van der Waals surface area contributed by atoms with Crippen LogP contribution < -0.4 is 10.6 Å². The molecule has 19 heavy (non-hydrogen) atoms. The van der Waals surface area contributed by atoms with Gasteiger partial charge in [0, 0.05) is 30.4 Å². The van der Waals surface area contributed by atoms with Crippen molar-refractivity contribution >= 4 is 21.6 Å². The third kappa shape index (κ3) is 5.51. The summed E-state index contributed by atoms with van der Waals surface area (Å²) in [5.41, 5.74) is 8.29. The molecule has 0 saturated carbocycles. The molecule has 0 unspecified atom stereocenters. The van der Waals surface area contributed by atoms with Crippen LogP contribution in [0.1, 0.15) is 19.4 Å². The Morgan fingerprint density at radius 2 is 2.11 bits per heavy atom. The minimum atomic E-state index is 0.613. The van der Waals surface area contributed by atoms with Crippen molar-refractivity contribution in [1.29, 1.82) is 0 Å². The number of nitrogens with two attached hydrogens (primary N) is 1. The van der Waals surface area contributed by atoms with E-state index < -0.39 is 0 Å². The van der Waals surface area contributed by atoms with E-state index in [1.54, 1.807) is 7.11 Å². The smallest absolute Gasteiger partial charge is 0.0637 e. The molecule has 0 aromatic heterocycles. The van der Waals surface area contributed by atoms with Crippen molar-refractivity contribution in [1.82, 2.24) is 0 Å². The van der Waals surface area contributed by atoms with Gasteiger partial charge in [-0.1, -0.05) is 35.8 Å². The maximum Gasteiger partial charge on any atom is 0.0637 e. The van der Waals surface area contributed by atoms with Crippen molar-refractivity contribution in [3.8, 4) is 0 Å². The molecule has 0 fully saturated rings. The van der Waals surface area contributed by atoms with Crippen molar-refractivity contribution in [2.75, 3.05) is 38.3 Å². The maximum atomic E-state index is 5.71. The monoisotopic (exact) mass is 328 g/mol. The predicted octanol–water partition coefficient (Wildman–Crippen LogP) is 3.06. The Balaban J connectivity index is 3.00. The molecule has 3 nitrogen and oxygen atoms in total. The minimum Gasteiger partial charge on any atom is -0.383 e. The van der Waals surface area contributed by atoms with Crippen LogP contribution in [0.25, 0.3) is 0 Å². The number of halogens is 1. The number of rotatable bonds is 8. The van der Waals surface area contributed by atoms with E-state index in [1.165, 1.54) is 11.3 Å². The topological polar surface area (TPSA) is 38.5 Å². The average molecular weight is 329 g/mol. The second-order valence-electron chi connectivity index (χ2n) is 5.14. The summed E-state index contributed by atoms with van der Waals surface area (Å²) in [6.45, 7) is 7.82. The second-order valence-corrected chi connectivity index (χ2v) is 6.06. The van der Waals surface area contributed by atoms with Crippen LogP contribution in [0.3, 0.4) is 0 Å². The molecule has 0 amide bonds. The number of hydrogen-bond donors (Lipinski definition) is 1. The average Bonchev–Trinajstić information content (AvgIpc) is 2.36. The van der Waals surface area contributed by atoms with Crippen molar-refractivity contribution in [2.24, 2.45) is 11.7 Å². The first-order valence-electron chi connectivity index (χ1n) is 6.80. The molecule has 1 aromatic rings. The van der Waals surface area contributed by atoms with Crippen LogP contribution in [0.4, 0.5) is 5.69 Å². The molecule has 4 heteroatoms. The third-order valence-electron chi connectivity index (χ3n) is 2.95. The molecule has 1 aromatic carbocycles. The minimum absolute atomic E-state index is 0.613. The summed E-state index contributed by atoms with van der Waals surface area (Å²) in [6.07, 6.45) is 0.907. The van der Waals surface area contributed by atoms with Gasteiger partial charge < -0.3 is 15.4 Å². The van der Waals surface area contributed by atoms with Gasteiger partial charge in [-0.05, 0) is 36.6 Å². The van der Waals surface area contributed by atoms with E-state index in [0.29, 0.717) is 12.5 Å². The fourth-order valence-electron chi connectivity index (χ4n) is 2.15. The van der Waals surface area contributed by atoms with E-state index >= 15 is 0 Å². The predicted molar refractivity (Wildman–Crippen MR) is 85.8 cm³/mol. The van der Waals surface area contributed by atoms with Crippen LogP contribution in [0.15, 0.2) is 22.7 Å². The molecule has 0 aliphatic heterocycles. The molecule has 0 saturated heterocycles. The van der Waals surface area contributed by atoms with E-state index in [1.807, 2.05) is 0 Å². The highest BCUT2D eigenvalue weighted by Gasteiger charge is 2.13. The first-order chi connectivity index (χ1) is 9.08. The summed E-state index contributed by atoms with van der Waals surface area (Å²) in [5.74, 6) is 0.613. The highest BCUT2D eigenvalue weighted by atomic mass is 79.9. The summed E-state index contributed by atoms with van der Waals surface area (Å²) in [5, 5.41) is 0. The number of benzene rings is 1. The summed E-state index contributed by atoms with van der Waals surface area (Å²) < 4.78 is 6.33. The molecule has 0 spiro atoms.